The minimum Gasteiger partial charge on any atom is -0.481 e. The Morgan fingerprint density at radius 3 is 2.16 bits per heavy atom. The van der Waals surface area contributed by atoms with Crippen LogP contribution in [0.15, 0.2) is 0 Å². The van der Waals surface area contributed by atoms with E-state index in [9.17, 15) is 9.59 Å². The minimum absolute atomic E-state index is 0.0282. The van der Waals surface area contributed by atoms with Crippen molar-refractivity contribution < 1.29 is 14.7 Å². The molecule has 1 rings (SSSR count). The molecular formula is C15H27NO3. The van der Waals surface area contributed by atoms with Crippen molar-refractivity contribution in [2.24, 2.45) is 23.2 Å². The molecule has 0 aliphatic heterocycles. The maximum Gasteiger partial charge on any atom is 0.308 e. The second-order valence-corrected chi connectivity index (χ2v) is 6.90. The molecule has 4 nitrogen and oxygen atoms in total. The summed E-state index contributed by atoms with van der Waals surface area (Å²) in [7, 11) is 0. The second kappa shape index (κ2) is 6.40. The molecule has 0 aromatic carbocycles. The van der Waals surface area contributed by atoms with E-state index in [-0.39, 0.29) is 18.4 Å². The highest BCUT2D eigenvalue weighted by Crippen LogP contribution is 2.39. The average molecular weight is 269 g/mol. The van der Waals surface area contributed by atoms with Crippen LogP contribution in [0.1, 0.15) is 53.4 Å². The molecule has 1 aliphatic carbocycles. The zero-order valence-electron chi connectivity index (χ0n) is 12.5. The third kappa shape index (κ3) is 4.84. The van der Waals surface area contributed by atoms with Gasteiger partial charge in [0.2, 0.25) is 5.91 Å². The molecule has 1 saturated carbocycles. The fraction of sp³-hybridized carbons (Fsp3) is 0.867. The first-order valence-electron chi connectivity index (χ1n) is 7.22. The summed E-state index contributed by atoms with van der Waals surface area (Å²) in [5.41, 5.74) is 0.319. The largest absolute Gasteiger partial charge is 0.481 e. The van der Waals surface area contributed by atoms with Crippen LogP contribution in [0.3, 0.4) is 0 Å². The fourth-order valence-corrected chi connectivity index (χ4v) is 2.71. The Bertz CT molecular complexity index is 325. The van der Waals surface area contributed by atoms with Crippen LogP contribution in [0.25, 0.3) is 0 Å². The van der Waals surface area contributed by atoms with E-state index < -0.39 is 11.9 Å². The van der Waals surface area contributed by atoms with Crippen molar-refractivity contribution in [1.82, 2.24) is 5.32 Å². The van der Waals surface area contributed by atoms with Gasteiger partial charge in [0.1, 0.15) is 0 Å². The Morgan fingerprint density at radius 1 is 1.21 bits per heavy atom. The van der Waals surface area contributed by atoms with E-state index in [4.69, 9.17) is 5.11 Å². The Labute approximate surface area is 116 Å². The van der Waals surface area contributed by atoms with Gasteiger partial charge in [-0.25, -0.2) is 0 Å². The Balaban J connectivity index is 2.35. The summed E-state index contributed by atoms with van der Waals surface area (Å²) in [4.78, 5) is 22.7. The Kier molecular flexibility index (Phi) is 5.39. The lowest BCUT2D eigenvalue weighted by Gasteiger charge is -2.36. The van der Waals surface area contributed by atoms with Gasteiger partial charge in [-0.1, -0.05) is 27.7 Å². The second-order valence-electron chi connectivity index (χ2n) is 6.90. The number of carbonyl (C=O) groups excluding carboxylic acids is 1. The van der Waals surface area contributed by atoms with E-state index in [1.807, 2.05) is 0 Å². The zero-order valence-corrected chi connectivity index (χ0v) is 12.5. The Hall–Kier alpha value is -1.06. The van der Waals surface area contributed by atoms with Crippen LogP contribution in [0.5, 0.6) is 0 Å². The molecule has 1 unspecified atom stereocenters. The van der Waals surface area contributed by atoms with Gasteiger partial charge < -0.3 is 10.4 Å². The monoisotopic (exact) mass is 269 g/mol. The van der Waals surface area contributed by atoms with E-state index in [0.29, 0.717) is 11.3 Å². The number of carbonyl (C=O) groups is 2. The molecule has 4 heteroatoms. The van der Waals surface area contributed by atoms with Crippen molar-refractivity contribution >= 4 is 11.9 Å². The average Bonchev–Trinajstić information content (AvgIpc) is 2.34. The summed E-state index contributed by atoms with van der Waals surface area (Å²) in [6.07, 6.45) is 4.04. The van der Waals surface area contributed by atoms with Crippen LogP contribution >= 0.6 is 0 Å². The van der Waals surface area contributed by atoms with E-state index in [1.54, 1.807) is 6.92 Å². The van der Waals surface area contributed by atoms with Gasteiger partial charge in [-0.05, 0) is 37.0 Å². The first kappa shape index (κ1) is 16.0. The highest BCUT2D eigenvalue weighted by Gasteiger charge is 2.32. The smallest absolute Gasteiger partial charge is 0.308 e. The van der Waals surface area contributed by atoms with Crippen molar-refractivity contribution in [2.75, 3.05) is 6.54 Å². The van der Waals surface area contributed by atoms with Gasteiger partial charge in [-0.3, -0.25) is 9.59 Å². The number of hydrogen-bond acceptors (Lipinski definition) is 2. The molecule has 1 atom stereocenters. The lowest BCUT2D eigenvalue weighted by atomic mass is 9.69. The number of nitrogens with one attached hydrogen (secondary N) is 1. The summed E-state index contributed by atoms with van der Waals surface area (Å²) >= 11 is 0. The quantitative estimate of drug-likeness (QED) is 0.824. The molecule has 110 valence electrons. The first-order chi connectivity index (χ1) is 8.71. The maximum absolute atomic E-state index is 12.0. The van der Waals surface area contributed by atoms with Gasteiger partial charge in [0, 0.05) is 12.5 Å². The van der Waals surface area contributed by atoms with Gasteiger partial charge in [0.15, 0.2) is 0 Å². The molecule has 0 heterocycles. The van der Waals surface area contributed by atoms with Crippen LogP contribution in [0, 0.1) is 23.2 Å². The molecule has 1 aliphatic rings. The molecule has 0 spiro atoms. The van der Waals surface area contributed by atoms with Gasteiger partial charge in [0.05, 0.1) is 5.92 Å². The lowest BCUT2D eigenvalue weighted by molar-refractivity contribution is -0.141. The maximum atomic E-state index is 12.0. The molecule has 0 aromatic rings. The van der Waals surface area contributed by atoms with Gasteiger partial charge in [-0.15, -0.1) is 0 Å². The standard InChI is InChI=1S/C15H27NO3/c1-10(14(18)19)9-16-13(17)11-5-7-12(8-6-11)15(2,3)4/h10-12H,5-9H2,1-4H3,(H,16,17)(H,18,19). The summed E-state index contributed by atoms with van der Waals surface area (Å²) in [6, 6.07) is 0. The Morgan fingerprint density at radius 2 is 1.74 bits per heavy atom. The molecule has 1 fully saturated rings. The SMILES string of the molecule is CC(CNC(=O)C1CCC(C(C)(C)C)CC1)C(=O)O. The summed E-state index contributed by atoms with van der Waals surface area (Å²) in [5.74, 6) is -0.596. The minimum atomic E-state index is -0.864. The molecule has 1 amide bonds. The van der Waals surface area contributed by atoms with Gasteiger partial charge in [-0.2, -0.15) is 0 Å². The normalized spacial score (nSPS) is 25.7. The predicted molar refractivity (Wildman–Crippen MR) is 74.7 cm³/mol. The van der Waals surface area contributed by atoms with E-state index >= 15 is 0 Å². The van der Waals surface area contributed by atoms with Crippen LogP contribution < -0.4 is 5.32 Å². The predicted octanol–water partition coefficient (Wildman–Crippen LogP) is 2.68. The zero-order chi connectivity index (χ0) is 14.6. The van der Waals surface area contributed by atoms with Crippen LogP contribution in [0.4, 0.5) is 0 Å². The van der Waals surface area contributed by atoms with Crippen molar-refractivity contribution in [3.8, 4) is 0 Å². The highest BCUT2D eigenvalue weighted by molar-refractivity contribution is 5.79. The number of carboxylic acid groups (broad SMARTS) is 1. The van der Waals surface area contributed by atoms with Crippen LogP contribution in [0.2, 0.25) is 0 Å². The number of hydrogen-bond donors (Lipinski definition) is 2. The van der Waals surface area contributed by atoms with E-state index in [2.05, 4.69) is 26.1 Å². The van der Waals surface area contributed by atoms with Crippen molar-refractivity contribution in [1.29, 1.82) is 0 Å². The third-order valence-electron chi connectivity index (χ3n) is 4.33. The van der Waals surface area contributed by atoms with Gasteiger partial charge in [0.25, 0.3) is 0 Å². The molecule has 0 aromatic heterocycles. The van der Waals surface area contributed by atoms with Crippen LogP contribution in [-0.4, -0.2) is 23.5 Å². The molecule has 2 N–H and O–H groups in total. The molecule has 0 radical (unpaired) electrons. The molecule has 0 saturated heterocycles. The van der Waals surface area contributed by atoms with E-state index in [0.717, 1.165) is 25.7 Å². The van der Waals surface area contributed by atoms with Gasteiger partial charge >= 0.3 is 5.97 Å². The number of rotatable bonds is 4. The topological polar surface area (TPSA) is 66.4 Å². The summed E-state index contributed by atoms with van der Waals surface area (Å²) in [5, 5.41) is 11.5. The van der Waals surface area contributed by atoms with E-state index in [1.165, 1.54) is 0 Å². The summed E-state index contributed by atoms with van der Waals surface area (Å²) < 4.78 is 0. The highest BCUT2D eigenvalue weighted by atomic mass is 16.4. The third-order valence-corrected chi connectivity index (χ3v) is 4.33. The molecule has 0 bridgehead atoms. The number of aliphatic carboxylic acids is 1. The number of carboxylic acids is 1. The molecule has 19 heavy (non-hydrogen) atoms. The van der Waals surface area contributed by atoms with Crippen LogP contribution in [-0.2, 0) is 9.59 Å². The molecular weight excluding hydrogens is 242 g/mol. The van der Waals surface area contributed by atoms with Crippen molar-refractivity contribution in [3.63, 3.8) is 0 Å². The lowest BCUT2D eigenvalue weighted by Crippen LogP contribution is -2.38. The first-order valence-corrected chi connectivity index (χ1v) is 7.22. The number of amides is 1. The van der Waals surface area contributed by atoms with Crippen molar-refractivity contribution in [3.05, 3.63) is 0 Å². The summed E-state index contributed by atoms with van der Waals surface area (Å²) in [6.45, 7) is 8.61. The van der Waals surface area contributed by atoms with Crippen molar-refractivity contribution in [2.45, 2.75) is 53.4 Å². The fourth-order valence-electron chi connectivity index (χ4n) is 2.71.